The van der Waals surface area contributed by atoms with E-state index in [2.05, 4.69) is 42.2 Å². The minimum absolute atomic E-state index is 0.176. The number of aryl methyl sites for hydroxylation is 1. The molecule has 0 saturated carbocycles. The molecule has 0 atom stereocenters. The van der Waals surface area contributed by atoms with E-state index in [-0.39, 0.29) is 12.5 Å². The quantitative estimate of drug-likeness (QED) is 0.870. The van der Waals surface area contributed by atoms with Gasteiger partial charge in [-0.1, -0.05) is 22.9 Å². The Labute approximate surface area is 127 Å². The predicted octanol–water partition coefficient (Wildman–Crippen LogP) is 3.69. The second kappa shape index (κ2) is 6.34. The molecule has 0 aliphatic heterocycles. The number of amides is 1. The van der Waals surface area contributed by atoms with E-state index in [0.29, 0.717) is 11.5 Å². The van der Waals surface area contributed by atoms with E-state index in [1.165, 1.54) is 0 Å². The van der Waals surface area contributed by atoms with Crippen LogP contribution in [0, 0.1) is 0 Å². The molecular formula is C13H12Br2N2O2. The van der Waals surface area contributed by atoms with Crippen LogP contribution in [0.15, 0.2) is 37.8 Å². The van der Waals surface area contributed by atoms with E-state index < -0.39 is 0 Å². The molecule has 1 aromatic heterocycles. The summed E-state index contributed by atoms with van der Waals surface area (Å²) in [6.07, 6.45) is 2.47. The van der Waals surface area contributed by atoms with Gasteiger partial charge in [0, 0.05) is 15.4 Å². The van der Waals surface area contributed by atoms with Gasteiger partial charge in [0.1, 0.15) is 5.76 Å². The molecule has 6 heteroatoms. The molecule has 0 unspecified atom stereocenters. The number of hydrogen-bond acceptors (Lipinski definition) is 3. The summed E-state index contributed by atoms with van der Waals surface area (Å²) in [5.41, 5.74) is 0.566. The Balaban J connectivity index is 2.03. The summed E-state index contributed by atoms with van der Waals surface area (Å²) >= 11 is 6.69. The number of benzene rings is 1. The monoisotopic (exact) mass is 386 g/mol. The van der Waals surface area contributed by atoms with E-state index >= 15 is 0 Å². The van der Waals surface area contributed by atoms with Crippen LogP contribution in [-0.2, 0) is 13.0 Å². The Morgan fingerprint density at radius 3 is 2.89 bits per heavy atom. The number of rotatable bonds is 4. The van der Waals surface area contributed by atoms with Crippen molar-refractivity contribution in [3.8, 4) is 0 Å². The van der Waals surface area contributed by atoms with Crippen LogP contribution in [0.4, 0.5) is 0 Å². The van der Waals surface area contributed by atoms with Gasteiger partial charge in [-0.15, -0.1) is 0 Å². The van der Waals surface area contributed by atoms with E-state index in [0.717, 1.165) is 21.1 Å². The van der Waals surface area contributed by atoms with Crippen molar-refractivity contribution in [1.82, 2.24) is 10.3 Å². The van der Waals surface area contributed by atoms with Crippen LogP contribution in [0.5, 0.6) is 0 Å². The van der Waals surface area contributed by atoms with Crippen LogP contribution in [0.1, 0.15) is 28.9 Å². The highest BCUT2D eigenvalue weighted by atomic mass is 79.9. The first kappa shape index (κ1) is 14.3. The highest BCUT2D eigenvalue weighted by molar-refractivity contribution is 9.11. The van der Waals surface area contributed by atoms with Crippen LogP contribution >= 0.6 is 31.9 Å². The fraction of sp³-hybridized carbons (Fsp3) is 0.231. The Morgan fingerprint density at radius 1 is 1.42 bits per heavy atom. The van der Waals surface area contributed by atoms with Crippen molar-refractivity contribution in [1.29, 1.82) is 0 Å². The first-order chi connectivity index (χ1) is 9.10. The molecule has 0 radical (unpaired) electrons. The third-order valence-electron chi connectivity index (χ3n) is 2.52. The first-order valence-corrected chi connectivity index (χ1v) is 7.35. The number of nitrogens with zero attached hydrogens (tertiary/aromatic N) is 1. The lowest BCUT2D eigenvalue weighted by atomic mass is 10.2. The fourth-order valence-electron chi connectivity index (χ4n) is 1.52. The molecule has 0 spiro atoms. The Kier molecular flexibility index (Phi) is 4.76. The molecule has 1 N–H and O–H groups in total. The summed E-state index contributed by atoms with van der Waals surface area (Å²) in [5.74, 6) is 1.15. The average Bonchev–Trinajstić information content (AvgIpc) is 2.87. The second-order valence-corrected chi connectivity index (χ2v) is 5.65. The molecule has 0 bridgehead atoms. The molecule has 0 aliphatic carbocycles. The number of halogens is 2. The molecule has 0 aliphatic rings. The van der Waals surface area contributed by atoms with Crippen molar-refractivity contribution >= 4 is 37.8 Å². The summed E-state index contributed by atoms with van der Waals surface area (Å²) in [5, 5.41) is 2.77. The topological polar surface area (TPSA) is 55.1 Å². The lowest BCUT2D eigenvalue weighted by Gasteiger charge is -2.05. The van der Waals surface area contributed by atoms with Crippen molar-refractivity contribution in [3.05, 3.63) is 50.6 Å². The summed E-state index contributed by atoms with van der Waals surface area (Å²) in [4.78, 5) is 16.1. The number of carbonyl (C=O) groups excluding carboxylic acids is 1. The first-order valence-electron chi connectivity index (χ1n) is 5.77. The van der Waals surface area contributed by atoms with Gasteiger partial charge in [-0.05, 0) is 34.1 Å². The molecule has 19 heavy (non-hydrogen) atoms. The van der Waals surface area contributed by atoms with Gasteiger partial charge in [0.05, 0.1) is 18.3 Å². The molecule has 1 aromatic carbocycles. The Hall–Kier alpha value is -1.14. The van der Waals surface area contributed by atoms with Gasteiger partial charge in [0.2, 0.25) is 5.89 Å². The Bertz CT molecular complexity index is 596. The van der Waals surface area contributed by atoms with Crippen LogP contribution in [0.25, 0.3) is 0 Å². The van der Waals surface area contributed by atoms with E-state index in [9.17, 15) is 4.79 Å². The highest BCUT2D eigenvalue weighted by Crippen LogP contribution is 2.21. The van der Waals surface area contributed by atoms with Gasteiger partial charge >= 0.3 is 0 Å². The zero-order valence-corrected chi connectivity index (χ0v) is 13.4. The van der Waals surface area contributed by atoms with Crippen molar-refractivity contribution in [2.24, 2.45) is 0 Å². The van der Waals surface area contributed by atoms with Gasteiger partial charge in [-0.2, -0.15) is 0 Å². The van der Waals surface area contributed by atoms with Gasteiger partial charge in [-0.3, -0.25) is 4.79 Å². The lowest BCUT2D eigenvalue weighted by Crippen LogP contribution is -2.23. The second-order valence-electron chi connectivity index (χ2n) is 3.88. The largest absolute Gasteiger partial charge is 0.444 e. The minimum Gasteiger partial charge on any atom is -0.444 e. The molecule has 2 aromatic rings. The molecular weight excluding hydrogens is 376 g/mol. The molecule has 1 amide bonds. The maximum absolute atomic E-state index is 12.0. The van der Waals surface area contributed by atoms with Crippen LogP contribution < -0.4 is 5.32 Å². The van der Waals surface area contributed by atoms with Gasteiger partial charge in [0.15, 0.2) is 0 Å². The molecule has 2 rings (SSSR count). The van der Waals surface area contributed by atoms with Crippen molar-refractivity contribution in [2.45, 2.75) is 19.9 Å². The van der Waals surface area contributed by atoms with Crippen LogP contribution in [-0.4, -0.2) is 10.9 Å². The summed E-state index contributed by atoms with van der Waals surface area (Å²) < 4.78 is 7.02. The highest BCUT2D eigenvalue weighted by Gasteiger charge is 2.11. The maximum atomic E-state index is 12.0. The van der Waals surface area contributed by atoms with E-state index in [1.807, 2.05) is 19.1 Å². The minimum atomic E-state index is -0.176. The van der Waals surface area contributed by atoms with Crippen molar-refractivity contribution < 1.29 is 9.21 Å². The van der Waals surface area contributed by atoms with Gasteiger partial charge in [0.25, 0.3) is 5.91 Å². The average molecular weight is 388 g/mol. The lowest BCUT2D eigenvalue weighted by molar-refractivity contribution is 0.0946. The third-order valence-corrected chi connectivity index (χ3v) is 3.71. The summed E-state index contributed by atoms with van der Waals surface area (Å²) in [6.45, 7) is 2.26. The van der Waals surface area contributed by atoms with Crippen molar-refractivity contribution in [2.75, 3.05) is 0 Å². The molecule has 0 saturated heterocycles. The molecule has 100 valence electrons. The number of hydrogen-bond donors (Lipinski definition) is 1. The SMILES string of the molecule is CCc1cnc(CNC(=O)c2cc(Br)ccc2Br)o1. The van der Waals surface area contributed by atoms with E-state index in [4.69, 9.17) is 4.42 Å². The standard InChI is InChI=1S/C13H12Br2N2O2/c1-2-9-6-16-12(19-9)7-17-13(18)10-5-8(14)3-4-11(10)15/h3-6H,2,7H2,1H3,(H,17,18). The maximum Gasteiger partial charge on any atom is 0.252 e. The third kappa shape index (κ3) is 3.67. The van der Waals surface area contributed by atoms with Crippen molar-refractivity contribution in [3.63, 3.8) is 0 Å². The van der Waals surface area contributed by atoms with Crippen LogP contribution in [0.2, 0.25) is 0 Å². The zero-order valence-electron chi connectivity index (χ0n) is 10.2. The predicted molar refractivity (Wildman–Crippen MR) is 78.9 cm³/mol. The number of nitrogens with one attached hydrogen (secondary N) is 1. The number of aromatic nitrogens is 1. The normalized spacial score (nSPS) is 10.5. The summed E-state index contributed by atoms with van der Waals surface area (Å²) in [7, 11) is 0. The molecule has 4 nitrogen and oxygen atoms in total. The van der Waals surface area contributed by atoms with Gasteiger partial charge in [-0.25, -0.2) is 4.98 Å². The molecule has 0 fully saturated rings. The molecule has 1 heterocycles. The smallest absolute Gasteiger partial charge is 0.252 e. The zero-order chi connectivity index (χ0) is 13.8. The van der Waals surface area contributed by atoms with Gasteiger partial charge < -0.3 is 9.73 Å². The van der Waals surface area contributed by atoms with Crippen LogP contribution in [0.3, 0.4) is 0 Å². The fourth-order valence-corrected chi connectivity index (χ4v) is 2.30. The number of carbonyl (C=O) groups is 1. The Morgan fingerprint density at radius 2 is 2.21 bits per heavy atom. The van der Waals surface area contributed by atoms with E-state index in [1.54, 1.807) is 12.3 Å². The summed E-state index contributed by atoms with van der Waals surface area (Å²) in [6, 6.07) is 5.44. The number of oxazole rings is 1.